The van der Waals surface area contributed by atoms with Crippen LogP contribution in [0, 0.1) is 0 Å². The third-order valence-corrected chi connectivity index (χ3v) is 4.99. The van der Waals surface area contributed by atoms with Crippen LogP contribution in [0.2, 0.25) is 0 Å². The molecule has 146 valence electrons. The zero-order valence-corrected chi connectivity index (χ0v) is 16.5. The molecule has 1 heterocycles. The molecule has 1 aromatic heterocycles. The van der Waals surface area contributed by atoms with Gasteiger partial charge in [0, 0.05) is 17.5 Å². The summed E-state index contributed by atoms with van der Waals surface area (Å²) in [5.41, 5.74) is 9.65. The van der Waals surface area contributed by atoms with Crippen LogP contribution in [0.25, 0.3) is 16.7 Å². The van der Waals surface area contributed by atoms with Gasteiger partial charge in [-0.2, -0.15) is 0 Å². The number of imidazole rings is 1. The van der Waals surface area contributed by atoms with Crippen LogP contribution in [-0.2, 0) is 6.42 Å². The van der Waals surface area contributed by atoms with Crippen molar-refractivity contribution < 1.29 is 4.39 Å². The number of hydrogen-bond acceptors (Lipinski definition) is 2. The lowest BCUT2D eigenvalue weighted by atomic mass is 9.94. The van der Waals surface area contributed by atoms with E-state index in [1.54, 1.807) is 13.3 Å². The van der Waals surface area contributed by atoms with E-state index in [4.69, 9.17) is 5.73 Å². The minimum absolute atomic E-state index is 0.435. The van der Waals surface area contributed by atoms with Crippen molar-refractivity contribution in [2.45, 2.75) is 45.2 Å². The third-order valence-electron chi connectivity index (χ3n) is 4.99. The molecule has 0 aliphatic rings. The zero-order chi connectivity index (χ0) is 20.1. The molecule has 1 unspecified atom stereocenters. The lowest BCUT2D eigenvalue weighted by Gasteiger charge is -2.19. The second-order valence-electron chi connectivity index (χ2n) is 7.34. The van der Waals surface area contributed by atoms with Crippen molar-refractivity contribution in [1.82, 2.24) is 9.55 Å². The number of nitrogens with two attached hydrogens (primary N) is 1. The van der Waals surface area contributed by atoms with Crippen molar-refractivity contribution in [2.24, 2.45) is 10.7 Å². The molecule has 0 aliphatic heterocycles. The number of alkyl halides is 1. The van der Waals surface area contributed by atoms with Gasteiger partial charge >= 0.3 is 0 Å². The highest BCUT2D eigenvalue weighted by atomic mass is 19.1. The Balaban J connectivity index is 1.81. The topological polar surface area (TPSA) is 56.2 Å². The van der Waals surface area contributed by atoms with Gasteiger partial charge in [-0.25, -0.2) is 14.4 Å². The van der Waals surface area contributed by atoms with Crippen LogP contribution >= 0.6 is 0 Å². The SMILES string of the molecule is C=CN=C(N)c1ccc(-n2cnc3cc(CCC(C)(F)CCC)ccc32)cc1. The first-order valence-electron chi connectivity index (χ1n) is 9.63. The first kappa shape index (κ1) is 19.8. The van der Waals surface area contributed by atoms with Gasteiger partial charge in [0.15, 0.2) is 0 Å². The van der Waals surface area contributed by atoms with E-state index in [9.17, 15) is 4.39 Å². The Hall–Kier alpha value is -2.95. The molecule has 0 radical (unpaired) electrons. The van der Waals surface area contributed by atoms with Crippen molar-refractivity contribution in [1.29, 1.82) is 0 Å². The van der Waals surface area contributed by atoms with Crippen LogP contribution in [0.5, 0.6) is 0 Å². The minimum Gasteiger partial charge on any atom is -0.383 e. The highest BCUT2D eigenvalue weighted by molar-refractivity contribution is 5.98. The largest absolute Gasteiger partial charge is 0.383 e. The normalized spacial score (nSPS) is 14.2. The van der Waals surface area contributed by atoms with Gasteiger partial charge in [-0.15, -0.1) is 0 Å². The summed E-state index contributed by atoms with van der Waals surface area (Å²) >= 11 is 0. The predicted molar refractivity (Wildman–Crippen MR) is 115 cm³/mol. The first-order chi connectivity index (χ1) is 13.4. The van der Waals surface area contributed by atoms with Gasteiger partial charge < -0.3 is 5.73 Å². The summed E-state index contributed by atoms with van der Waals surface area (Å²) in [6, 6.07) is 14.0. The number of benzene rings is 2. The Labute approximate surface area is 165 Å². The lowest BCUT2D eigenvalue weighted by Crippen LogP contribution is -2.18. The number of rotatable bonds is 8. The average molecular weight is 378 g/mol. The summed E-state index contributed by atoms with van der Waals surface area (Å²) in [7, 11) is 0. The molecule has 0 fully saturated rings. The highest BCUT2D eigenvalue weighted by Gasteiger charge is 2.21. The molecule has 2 aromatic carbocycles. The van der Waals surface area contributed by atoms with Crippen molar-refractivity contribution >= 4 is 16.9 Å². The van der Waals surface area contributed by atoms with Gasteiger partial charge in [-0.05, 0) is 68.1 Å². The van der Waals surface area contributed by atoms with Gasteiger partial charge in [0.2, 0.25) is 0 Å². The van der Waals surface area contributed by atoms with E-state index < -0.39 is 5.67 Å². The Morgan fingerprint density at radius 3 is 2.68 bits per heavy atom. The molecule has 2 N–H and O–H groups in total. The molecule has 3 aromatic rings. The van der Waals surface area contributed by atoms with Crippen molar-refractivity contribution in [3.05, 3.63) is 72.7 Å². The van der Waals surface area contributed by atoms with Crippen LogP contribution in [0.1, 0.15) is 44.2 Å². The van der Waals surface area contributed by atoms with E-state index in [-0.39, 0.29) is 0 Å². The zero-order valence-electron chi connectivity index (χ0n) is 16.5. The fourth-order valence-corrected chi connectivity index (χ4v) is 3.44. The van der Waals surface area contributed by atoms with Gasteiger partial charge in [0.05, 0.1) is 11.0 Å². The molecule has 5 heteroatoms. The first-order valence-corrected chi connectivity index (χ1v) is 9.63. The maximum atomic E-state index is 14.4. The maximum Gasteiger partial charge on any atom is 0.130 e. The quantitative estimate of drug-likeness (QED) is 0.425. The van der Waals surface area contributed by atoms with Crippen LogP contribution in [0.3, 0.4) is 0 Å². The summed E-state index contributed by atoms with van der Waals surface area (Å²) in [5, 5.41) is 0. The maximum absolute atomic E-state index is 14.4. The summed E-state index contributed by atoms with van der Waals surface area (Å²) in [6.45, 7) is 7.27. The van der Waals surface area contributed by atoms with Crippen LogP contribution < -0.4 is 5.73 Å². The Morgan fingerprint density at radius 1 is 1.25 bits per heavy atom. The molecule has 0 aliphatic carbocycles. The number of nitrogens with zero attached hydrogens (tertiary/aromatic N) is 3. The molecule has 28 heavy (non-hydrogen) atoms. The average Bonchev–Trinajstić information content (AvgIpc) is 3.10. The van der Waals surface area contributed by atoms with Crippen LogP contribution in [0.4, 0.5) is 4.39 Å². The van der Waals surface area contributed by atoms with E-state index >= 15 is 0 Å². The lowest BCUT2D eigenvalue weighted by molar-refractivity contribution is 0.160. The smallest absolute Gasteiger partial charge is 0.130 e. The summed E-state index contributed by atoms with van der Waals surface area (Å²) in [5.74, 6) is 0.435. The predicted octanol–water partition coefficient (Wildman–Crippen LogP) is 5.34. The molecular formula is C23H27FN4. The van der Waals surface area contributed by atoms with Gasteiger partial charge in [0.25, 0.3) is 0 Å². The molecule has 0 bridgehead atoms. The van der Waals surface area contributed by atoms with Crippen molar-refractivity contribution in [3.63, 3.8) is 0 Å². The second kappa shape index (κ2) is 8.38. The number of aromatic nitrogens is 2. The Bertz CT molecular complexity index is 984. The van der Waals surface area contributed by atoms with Gasteiger partial charge in [0.1, 0.15) is 17.8 Å². The molecule has 0 saturated heterocycles. The molecular weight excluding hydrogens is 351 g/mol. The number of hydrogen-bond donors (Lipinski definition) is 1. The number of fused-ring (bicyclic) bond motifs is 1. The minimum atomic E-state index is -1.11. The Morgan fingerprint density at radius 2 is 2.00 bits per heavy atom. The molecule has 1 atom stereocenters. The number of halogens is 1. The fourth-order valence-electron chi connectivity index (χ4n) is 3.44. The van der Waals surface area contributed by atoms with E-state index in [1.165, 1.54) is 6.20 Å². The standard InChI is InChI=1S/C23H27FN4/c1-4-13-23(3,24)14-12-17-6-11-21-20(15-17)27-16-28(21)19-9-7-18(8-10-19)22(25)26-5-2/h5-11,15-16H,2,4,12-14H2,1,3H3,(H2,25,26). The number of aryl methyl sites for hydroxylation is 1. The highest BCUT2D eigenvalue weighted by Crippen LogP contribution is 2.26. The van der Waals surface area contributed by atoms with Crippen molar-refractivity contribution in [3.8, 4) is 5.69 Å². The second-order valence-corrected chi connectivity index (χ2v) is 7.34. The number of aliphatic imine (C=N–C) groups is 1. The molecule has 4 nitrogen and oxygen atoms in total. The summed E-state index contributed by atoms with van der Waals surface area (Å²) in [4.78, 5) is 8.54. The third kappa shape index (κ3) is 4.47. The molecule has 3 rings (SSSR count). The summed E-state index contributed by atoms with van der Waals surface area (Å²) < 4.78 is 16.4. The molecule has 0 amide bonds. The molecule has 0 saturated carbocycles. The Kier molecular flexibility index (Phi) is 5.93. The molecule has 0 spiro atoms. The van der Waals surface area contributed by atoms with Gasteiger partial charge in [-0.1, -0.05) is 26.0 Å². The van der Waals surface area contributed by atoms with Crippen molar-refractivity contribution in [2.75, 3.05) is 0 Å². The van der Waals surface area contributed by atoms with Crippen LogP contribution in [0.15, 0.2) is 66.6 Å². The summed E-state index contributed by atoms with van der Waals surface area (Å²) in [6.07, 6.45) is 5.94. The fraction of sp³-hybridized carbons (Fsp3) is 0.304. The van der Waals surface area contributed by atoms with E-state index in [0.29, 0.717) is 25.1 Å². The number of amidine groups is 1. The van der Waals surface area contributed by atoms with E-state index in [0.717, 1.165) is 34.3 Å². The van der Waals surface area contributed by atoms with E-state index in [2.05, 4.69) is 34.8 Å². The van der Waals surface area contributed by atoms with Gasteiger partial charge in [-0.3, -0.25) is 4.57 Å². The van der Waals surface area contributed by atoms with Crippen LogP contribution in [-0.4, -0.2) is 21.1 Å². The van der Waals surface area contributed by atoms with E-state index in [1.807, 2.05) is 35.8 Å². The monoisotopic (exact) mass is 378 g/mol.